The number of amides is 1. The maximum Gasteiger partial charge on any atom is 0.228 e. The minimum Gasteiger partial charge on any atom is -0.326 e. The third kappa shape index (κ3) is 2.68. The van der Waals surface area contributed by atoms with Crippen LogP contribution in [0, 0.1) is 0 Å². The number of sulfone groups is 1. The lowest BCUT2D eigenvalue weighted by Crippen LogP contribution is -2.42. The monoisotopic (exact) mass is 320 g/mol. The van der Waals surface area contributed by atoms with Crippen LogP contribution in [0.2, 0.25) is 0 Å². The first-order chi connectivity index (χ1) is 10.5. The fourth-order valence-corrected chi connectivity index (χ4v) is 4.87. The maximum atomic E-state index is 12.9. The highest BCUT2D eigenvalue weighted by Gasteiger charge is 2.32. The van der Waals surface area contributed by atoms with Crippen molar-refractivity contribution in [3.05, 3.63) is 36.4 Å². The summed E-state index contributed by atoms with van der Waals surface area (Å²) < 4.78 is 25.9. The molecule has 0 aromatic heterocycles. The van der Waals surface area contributed by atoms with Gasteiger partial charge in [-0.3, -0.25) is 9.69 Å². The van der Waals surface area contributed by atoms with Crippen molar-refractivity contribution in [1.82, 2.24) is 4.90 Å². The summed E-state index contributed by atoms with van der Waals surface area (Å²) >= 11 is 0. The van der Waals surface area contributed by atoms with Gasteiger partial charge in [0.15, 0.2) is 9.84 Å². The highest BCUT2D eigenvalue weighted by molar-refractivity contribution is 7.92. The van der Waals surface area contributed by atoms with Crippen LogP contribution in [0.4, 0.5) is 5.69 Å². The number of piperidine rings is 1. The van der Waals surface area contributed by atoms with Gasteiger partial charge in [-0.05, 0) is 49.7 Å². The Morgan fingerprint density at radius 3 is 2.64 bits per heavy atom. The Hall–Kier alpha value is -1.66. The Labute approximate surface area is 130 Å². The molecular formula is C16H20N2O3S. The lowest BCUT2D eigenvalue weighted by molar-refractivity contribution is -0.115. The average Bonchev–Trinajstić information content (AvgIpc) is 2.88. The zero-order chi connectivity index (χ0) is 15.7. The molecular weight excluding hydrogens is 300 g/mol. The molecule has 1 N–H and O–H groups in total. The standard InChI is InChI=1S/C16H20N2O3S/c1-2-16(18-8-4-3-5-9-18)22(20,21)13-6-7-14-12(10-13)11-15(19)17-14/h2,6-7,10,16H,1,3-5,8-9,11H2,(H,17,19). The van der Waals surface area contributed by atoms with Crippen LogP contribution < -0.4 is 5.32 Å². The fourth-order valence-electron chi connectivity index (χ4n) is 3.17. The minimum atomic E-state index is -3.52. The summed E-state index contributed by atoms with van der Waals surface area (Å²) in [6, 6.07) is 4.85. The van der Waals surface area contributed by atoms with Gasteiger partial charge in [0.2, 0.25) is 5.91 Å². The van der Waals surface area contributed by atoms with Crippen molar-refractivity contribution in [3.63, 3.8) is 0 Å². The number of nitrogens with zero attached hydrogens (tertiary/aromatic N) is 1. The minimum absolute atomic E-state index is 0.0964. The first kappa shape index (κ1) is 15.2. The molecule has 1 atom stereocenters. The number of hydrogen-bond acceptors (Lipinski definition) is 4. The van der Waals surface area contributed by atoms with Crippen molar-refractivity contribution in [2.24, 2.45) is 0 Å². The Balaban J connectivity index is 1.93. The molecule has 0 saturated carbocycles. The van der Waals surface area contributed by atoms with Crippen molar-refractivity contribution in [1.29, 1.82) is 0 Å². The lowest BCUT2D eigenvalue weighted by atomic mass is 10.1. The third-order valence-corrected chi connectivity index (χ3v) is 6.34. The number of anilines is 1. The van der Waals surface area contributed by atoms with E-state index in [9.17, 15) is 13.2 Å². The zero-order valence-electron chi connectivity index (χ0n) is 12.4. The van der Waals surface area contributed by atoms with E-state index in [0.29, 0.717) is 5.69 Å². The Morgan fingerprint density at radius 2 is 1.95 bits per heavy atom. The van der Waals surface area contributed by atoms with E-state index in [0.717, 1.165) is 37.9 Å². The fraction of sp³-hybridized carbons (Fsp3) is 0.438. The van der Waals surface area contributed by atoms with Crippen LogP contribution in [0.1, 0.15) is 24.8 Å². The molecule has 1 aromatic rings. The van der Waals surface area contributed by atoms with Gasteiger partial charge < -0.3 is 5.32 Å². The molecule has 1 saturated heterocycles. The van der Waals surface area contributed by atoms with Gasteiger partial charge in [0.25, 0.3) is 0 Å². The second kappa shape index (κ2) is 5.85. The average molecular weight is 320 g/mol. The predicted octanol–water partition coefficient (Wildman–Crippen LogP) is 1.95. The predicted molar refractivity (Wildman–Crippen MR) is 85.4 cm³/mol. The third-order valence-electron chi connectivity index (χ3n) is 4.30. The van der Waals surface area contributed by atoms with Crippen LogP contribution in [-0.4, -0.2) is 37.7 Å². The van der Waals surface area contributed by atoms with Gasteiger partial charge in [0, 0.05) is 5.69 Å². The van der Waals surface area contributed by atoms with Crippen LogP contribution in [0.25, 0.3) is 0 Å². The lowest BCUT2D eigenvalue weighted by Gasteiger charge is -2.32. The quantitative estimate of drug-likeness (QED) is 0.861. The number of likely N-dealkylation sites (tertiary alicyclic amines) is 1. The van der Waals surface area contributed by atoms with Crippen LogP contribution in [0.15, 0.2) is 35.7 Å². The summed E-state index contributed by atoms with van der Waals surface area (Å²) in [7, 11) is -3.52. The van der Waals surface area contributed by atoms with Crippen molar-refractivity contribution in [2.75, 3.05) is 18.4 Å². The van der Waals surface area contributed by atoms with E-state index in [1.807, 2.05) is 4.90 Å². The molecule has 2 heterocycles. The molecule has 3 rings (SSSR count). The van der Waals surface area contributed by atoms with Gasteiger partial charge >= 0.3 is 0 Å². The second-order valence-corrected chi connectivity index (χ2v) is 7.86. The van der Waals surface area contributed by atoms with Crippen LogP contribution in [0.5, 0.6) is 0 Å². The van der Waals surface area contributed by atoms with E-state index in [1.165, 1.54) is 6.08 Å². The first-order valence-electron chi connectivity index (χ1n) is 7.55. The Bertz CT molecular complexity index is 706. The van der Waals surface area contributed by atoms with Crippen LogP contribution >= 0.6 is 0 Å². The van der Waals surface area contributed by atoms with Gasteiger partial charge in [-0.25, -0.2) is 8.42 Å². The summed E-state index contributed by atoms with van der Waals surface area (Å²) in [6.07, 6.45) is 4.93. The molecule has 2 aliphatic rings. The molecule has 118 valence electrons. The molecule has 0 spiro atoms. The molecule has 1 aromatic carbocycles. The van der Waals surface area contributed by atoms with E-state index >= 15 is 0 Å². The SMILES string of the molecule is C=CC(N1CCCCC1)S(=O)(=O)c1ccc2c(c1)CC(=O)N2. The number of fused-ring (bicyclic) bond motifs is 1. The second-order valence-electron chi connectivity index (χ2n) is 5.81. The number of carbonyl (C=O) groups excluding carboxylic acids is 1. The maximum absolute atomic E-state index is 12.9. The van der Waals surface area contributed by atoms with Gasteiger partial charge in [-0.15, -0.1) is 6.58 Å². The molecule has 0 radical (unpaired) electrons. The van der Waals surface area contributed by atoms with Crippen LogP contribution in [0.3, 0.4) is 0 Å². The summed E-state index contributed by atoms with van der Waals surface area (Å²) in [4.78, 5) is 13.7. The molecule has 1 amide bonds. The number of nitrogens with one attached hydrogen (secondary N) is 1. The largest absolute Gasteiger partial charge is 0.326 e. The van der Waals surface area contributed by atoms with Gasteiger partial charge in [0.05, 0.1) is 11.3 Å². The van der Waals surface area contributed by atoms with Crippen molar-refractivity contribution in [2.45, 2.75) is 36.0 Å². The summed E-state index contributed by atoms with van der Waals surface area (Å²) in [5.74, 6) is -0.0964. The number of rotatable bonds is 4. The van der Waals surface area contributed by atoms with Crippen molar-refractivity contribution >= 4 is 21.4 Å². The Kier molecular flexibility index (Phi) is 4.06. The molecule has 6 heteroatoms. The Morgan fingerprint density at radius 1 is 1.23 bits per heavy atom. The van der Waals surface area contributed by atoms with E-state index < -0.39 is 15.2 Å². The molecule has 2 aliphatic heterocycles. The summed E-state index contributed by atoms with van der Waals surface area (Å²) in [5, 5.41) is 2.02. The molecule has 5 nitrogen and oxygen atoms in total. The number of hydrogen-bond donors (Lipinski definition) is 1. The van der Waals surface area contributed by atoms with Gasteiger partial charge in [0.1, 0.15) is 5.37 Å². The van der Waals surface area contributed by atoms with Crippen molar-refractivity contribution < 1.29 is 13.2 Å². The van der Waals surface area contributed by atoms with E-state index in [2.05, 4.69) is 11.9 Å². The van der Waals surface area contributed by atoms with Crippen molar-refractivity contribution in [3.8, 4) is 0 Å². The number of benzene rings is 1. The molecule has 0 aliphatic carbocycles. The van der Waals surface area contributed by atoms with E-state index in [4.69, 9.17) is 0 Å². The highest BCUT2D eigenvalue weighted by Crippen LogP contribution is 2.29. The highest BCUT2D eigenvalue weighted by atomic mass is 32.2. The van der Waals surface area contributed by atoms with E-state index in [-0.39, 0.29) is 17.2 Å². The topological polar surface area (TPSA) is 66.5 Å². The summed E-state index contributed by atoms with van der Waals surface area (Å²) in [6.45, 7) is 5.28. The van der Waals surface area contributed by atoms with Gasteiger partial charge in [-0.2, -0.15) is 0 Å². The smallest absolute Gasteiger partial charge is 0.228 e. The normalized spacial score (nSPS) is 20.3. The number of carbonyl (C=O) groups is 1. The zero-order valence-corrected chi connectivity index (χ0v) is 13.2. The van der Waals surface area contributed by atoms with Gasteiger partial charge in [-0.1, -0.05) is 12.5 Å². The molecule has 22 heavy (non-hydrogen) atoms. The van der Waals surface area contributed by atoms with Crippen LogP contribution in [-0.2, 0) is 21.1 Å². The first-order valence-corrected chi connectivity index (χ1v) is 9.10. The molecule has 1 unspecified atom stereocenters. The molecule has 0 bridgehead atoms. The van der Waals surface area contributed by atoms with E-state index in [1.54, 1.807) is 18.2 Å². The molecule has 1 fully saturated rings. The summed E-state index contributed by atoms with van der Waals surface area (Å²) in [5.41, 5.74) is 1.45.